The average Bonchev–Trinajstić information content (AvgIpc) is 2.68. The fourth-order valence-electron chi connectivity index (χ4n) is 1.43. The van der Waals surface area contributed by atoms with Crippen molar-refractivity contribution in [2.45, 2.75) is 6.92 Å². The van der Waals surface area contributed by atoms with Gasteiger partial charge in [0.05, 0.1) is 0 Å². The van der Waals surface area contributed by atoms with Gasteiger partial charge in [-0.1, -0.05) is 5.16 Å². The lowest BCUT2D eigenvalue weighted by atomic mass is 10.0. The molecule has 0 aliphatic rings. The molecule has 5 heteroatoms. The van der Waals surface area contributed by atoms with Crippen LogP contribution < -0.4 is 5.73 Å². The lowest BCUT2D eigenvalue weighted by Gasteiger charge is -2.03. The molecule has 0 radical (unpaired) electrons. The fourth-order valence-corrected chi connectivity index (χ4v) is 1.43. The number of aryl methyl sites for hydroxylation is 1. The number of nitrogen functional groups attached to an aromatic ring is 1. The summed E-state index contributed by atoms with van der Waals surface area (Å²) >= 11 is 0. The van der Waals surface area contributed by atoms with Crippen molar-refractivity contribution < 1.29 is 13.7 Å². The van der Waals surface area contributed by atoms with E-state index in [0.29, 0.717) is 23.1 Å². The topological polar surface area (TPSA) is 69.1 Å². The molecule has 4 nitrogen and oxygen atoms in total. The molecule has 2 aromatic rings. The Kier molecular flexibility index (Phi) is 2.44. The molecule has 0 amide bonds. The number of rotatable bonds is 2. The van der Waals surface area contributed by atoms with Crippen molar-refractivity contribution >= 4 is 12.2 Å². The van der Waals surface area contributed by atoms with Gasteiger partial charge in [-0.05, 0) is 24.6 Å². The van der Waals surface area contributed by atoms with Crippen LogP contribution in [0.15, 0.2) is 22.7 Å². The summed E-state index contributed by atoms with van der Waals surface area (Å²) in [5, 5.41) is 3.68. The van der Waals surface area contributed by atoms with E-state index in [4.69, 9.17) is 10.3 Å². The van der Waals surface area contributed by atoms with E-state index < -0.39 is 5.82 Å². The van der Waals surface area contributed by atoms with Crippen LogP contribution in [0.2, 0.25) is 0 Å². The van der Waals surface area contributed by atoms with Gasteiger partial charge in [0.25, 0.3) is 0 Å². The Bertz CT molecular complexity index is 549. The summed E-state index contributed by atoms with van der Waals surface area (Å²) in [7, 11) is 0. The molecule has 0 saturated carbocycles. The maximum Gasteiger partial charge on any atom is 0.222 e. The van der Waals surface area contributed by atoms with Crippen LogP contribution in [0.5, 0.6) is 0 Å². The summed E-state index contributed by atoms with van der Waals surface area (Å²) in [5.41, 5.74) is 6.96. The van der Waals surface area contributed by atoms with Gasteiger partial charge in [0.1, 0.15) is 11.5 Å². The van der Waals surface area contributed by atoms with Crippen LogP contribution in [-0.2, 0) is 0 Å². The standard InChI is InChI=1S/C11H9FN2O2/c1-6-2-8(7(5-15)3-9(6)12)10-4-11(13)16-14-10/h2-5H,13H2,1H3. The smallest absolute Gasteiger partial charge is 0.222 e. The van der Waals surface area contributed by atoms with Gasteiger partial charge < -0.3 is 10.3 Å². The predicted molar refractivity (Wildman–Crippen MR) is 56.4 cm³/mol. The summed E-state index contributed by atoms with van der Waals surface area (Å²) in [6.45, 7) is 1.61. The third-order valence-electron chi connectivity index (χ3n) is 2.26. The van der Waals surface area contributed by atoms with Gasteiger partial charge >= 0.3 is 0 Å². The fraction of sp³-hybridized carbons (Fsp3) is 0.0909. The first kappa shape index (κ1) is 10.4. The molecule has 0 fully saturated rings. The lowest BCUT2D eigenvalue weighted by molar-refractivity contribution is 0.112. The van der Waals surface area contributed by atoms with Gasteiger partial charge in [0, 0.05) is 17.2 Å². The summed E-state index contributed by atoms with van der Waals surface area (Å²) in [6.07, 6.45) is 0.572. The maximum atomic E-state index is 13.2. The van der Waals surface area contributed by atoms with E-state index in [1.807, 2.05) is 0 Å². The van der Waals surface area contributed by atoms with Crippen LogP contribution in [-0.4, -0.2) is 11.4 Å². The Labute approximate surface area is 90.9 Å². The maximum absolute atomic E-state index is 13.2. The molecule has 82 valence electrons. The second kappa shape index (κ2) is 3.77. The highest BCUT2D eigenvalue weighted by Crippen LogP contribution is 2.25. The monoisotopic (exact) mass is 220 g/mol. The number of benzene rings is 1. The number of nitrogens with zero attached hydrogens (tertiary/aromatic N) is 1. The minimum Gasteiger partial charge on any atom is -0.368 e. The number of anilines is 1. The van der Waals surface area contributed by atoms with Crippen LogP contribution in [0.25, 0.3) is 11.3 Å². The van der Waals surface area contributed by atoms with Crippen LogP contribution in [0.3, 0.4) is 0 Å². The number of carbonyl (C=O) groups excluding carboxylic acids is 1. The van der Waals surface area contributed by atoms with E-state index in [0.717, 1.165) is 0 Å². The van der Waals surface area contributed by atoms with Crippen molar-refractivity contribution in [3.8, 4) is 11.3 Å². The summed E-state index contributed by atoms with van der Waals surface area (Å²) in [6, 6.07) is 4.19. The Morgan fingerprint density at radius 3 is 2.75 bits per heavy atom. The molecule has 1 heterocycles. The minimum absolute atomic E-state index is 0.147. The van der Waals surface area contributed by atoms with E-state index in [1.165, 1.54) is 18.2 Å². The molecule has 0 spiro atoms. The zero-order valence-electron chi connectivity index (χ0n) is 8.53. The number of aldehydes is 1. The van der Waals surface area contributed by atoms with Crippen LogP contribution in [0.1, 0.15) is 15.9 Å². The predicted octanol–water partition coefficient (Wildman–Crippen LogP) is 2.18. The molecular formula is C11H9FN2O2. The highest BCUT2D eigenvalue weighted by molar-refractivity contribution is 5.87. The van der Waals surface area contributed by atoms with Crippen molar-refractivity contribution in [1.29, 1.82) is 0 Å². The van der Waals surface area contributed by atoms with Crippen molar-refractivity contribution in [3.05, 3.63) is 35.1 Å². The van der Waals surface area contributed by atoms with Crippen LogP contribution >= 0.6 is 0 Å². The van der Waals surface area contributed by atoms with Crippen LogP contribution in [0.4, 0.5) is 10.3 Å². The third kappa shape index (κ3) is 1.67. The molecule has 1 aromatic heterocycles. The van der Waals surface area contributed by atoms with Crippen LogP contribution in [0, 0.1) is 12.7 Å². The van der Waals surface area contributed by atoms with Crippen molar-refractivity contribution in [3.63, 3.8) is 0 Å². The van der Waals surface area contributed by atoms with Gasteiger partial charge in [0.2, 0.25) is 5.88 Å². The molecule has 1 aromatic carbocycles. The number of halogens is 1. The van der Waals surface area contributed by atoms with Crippen molar-refractivity contribution in [1.82, 2.24) is 5.16 Å². The number of hydrogen-bond donors (Lipinski definition) is 1. The van der Waals surface area contributed by atoms with Crippen molar-refractivity contribution in [2.75, 3.05) is 5.73 Å². The molecule has 0 unspecified atom stereocenters. The normalized spacial score (nSPS) is 10.4. The molecule has 16 heavy (non-hydrogen) atoms. The zero-order chi connectivity index (χ0) is 11.7. The summed E-state index contributed by atoms with van der Waals surface area (Å²) < 4.78 is 17.9. The Morgan fingerprint density at radius 2 is 2.19 bits per heavy atom. The minimum atomic E-state index is -0.428. The van der Waals surface area contributed by atoms with E-state index in [2.05, 4.69) is 5.16 Å². The van der Waals surface area contributed by atoms with Gasteiger partial charge in [0.15, 0.2) is 6.29 Å². The van der Waals surface area contributed by atoms with Crippen molar-refractivity contribution in [2.24, 2.45) is 0 Å². The van der Waals surface area contributed by atoms with E-state index in [9.17, 15) is 9.18 Å². The Morgan fingerprint density at radius 1 is 1.44 bits per heavy atom. The first-order valence-corrected chi connectivity index (χ1v) is 4.59. The first-order chi connectivity index (χ1) is 7.61. The summed E-state index contributed by atoms with van der Waals surface area (Å²) in [5.74, 6) is -0.281. The Hall–Kier alpha value is -2.17. The van der Waals surface area contributed by atoms with Gasteiger partial charge in [-0.25, -0.2) is 4.39 Å². The zero-order valence-corrected chi connectivity index (χ0v) is 8.53. The molecule has 0 bridgehead atoms. The number of aromatic nitrogens is 1. The molecule has 2 rings (SSSR count). The van der Waals surface area contributed by atoms with Gasteiger partial charge in [-0.3, -0.25) is 4.79 Å². The molecule has 0 aliphatic carbocycles. The highest BCUT2D eigenvalue weighted by atomic mass is 19.1. The van der Waals surface area contributed by atoms with Gasteiger partial charge in [-0.15, -0.1) is 0 Å². The SMILES string of the molecule is Cc1cc(-c2cc(N)on2)c(C=O)cc1F. The molecule has 0 aliphatic heterocycles. The largest absolute Gasteiger partial charge is 0.368 e. The highest BCUT2D eigenvalue weighted by Gasteiger charge is 2.12. The van der Waals surface area contributed by atoms with E-state index in [-0.39, 0.29) is 11.4 Å². The number of hydrogen-bond acceptors (Lipinski definition) is 4. The third-order valence-corrected chi connectivity index (χ3v) is 2.26. The van der Waals surface area contributed by atoms with Gasteiger partial charge in [-0.2, -0.15) is 0 Å². The number of carbonyl (C=O) groups is 1. The molecule has 0 atom stereocenters. The average molecular weight is 220 g/mol. The molecule has 2 N–H and O–H groups in total. The second-order valence-corrected chi connectivity index (χ2v) is 3.42. The quantitative estimate of drug-likeness (QED) is 0.787. The van der Waals surface area contributed by atoms with E-state index in [1.54, 1.807) is 6.92 Å². The first-order valence-electron chi connectivity index (χ1n) is 4.59. The Balaban J connectivity index is 2.63. The number of nitrogens with two attached hydrogens (primary N) is 1. The summed E-state index contributed by atoms with van der Waals surface area (Å²) in [4.78, 5) is 10.8. The van der Waals surface area contributed by atoms with E-state index >= 15 is 0 Å². The lowest BCUT2D eigenvalue weighted by Crippen LogP contribution is -1.92. The molecule has 0 saturated heterocycles. The second-order valence-electron chi connectivity index (χ2n) is 3.42. The molecular weight excluding hydrogens is 211 g/mol.